The number of hydrogen-bond donors (Lipinski definition) is 1. The molecule has 0 unspecified atom stereocenters. The molecule has 1 aliphatic rings. The van der Waals surface area contributed by atoms with E-state index in [0.29, 0.717) is 11.0 Å². The van der Waals surface area contributed by atoms with Crippen LogP contribution in [0.1, 0.15) is 28.9 Å². The first-order valence-electron chi connectivity index (χ1n) is 6.45. The second-order valence-electron chi connectivity index (χ2n) is 4.88. The smallest absolute Gasteiger partial charge is 0.259 e. The minimum atomic E-state index is -0.238. The Bertz CT molecular complexity index is 699. The minimum absolute atomic E-state index is 0.179. The molecular formula is C14H15N3O2. The monoisotopic (exact) mass is 257 g/mol. The highest BCUT2D eigenvalue weighted by Crippen LogP contribution is 2.12. The summed E-state index contributed by atoms with van der Waals surface area (Å²) in [5.74, 6) is -0.179. The van der Waals surface area contributed by atoms with E-state index >= 15 is 0 Å². The van der Waals surface area contributed by atoms with Crippen molar-refractivity contribution in [3.8, 4) is 0 Å². The average Bonchev–Trinajstić information content (AvgIpc) is 2.92. The van der Waals surface area contributed by atoms with Crippen LogP contribution >= 0.6 is 0 Å². The van der Waals surface area contributed by atoms with Crippen LogP contribution in [0.3, 0.4) is 0 Å². The molecule has 3 heterocycles. The molecule has 0 aliphatic carbocycles. The predicted octanol–water partition coefficient (Wildman–Crippen LogP) is 1.47. The number of nitrogens with one attached hydrogen (secondary N) is 1. The number of carbonyl (C=O) groups excluding carboxylic acids is 1. The molecule has 5 heteroatoms. The highest BCUT2D eigenvalue weighted by Gasteiger charge is 2.22. The van der Waals surface area contributed by atoms with Gasteiger partial charge in [0.1, 0.15) is 11.2 Å². The van der Waals surface area contributed by atoms with Crippen molar-refractivity contribution in [2.75, 3.05) is 13.1 Å². The van der Waals surface area contributed by atoms with Crippen LogP contribution in [0.5, 0.6) is 0 Å². The van der Waals surface area contributed by atoms with E-state index in [1.54, 1.807) is 17.0 Å². The lowest BCUT2D eigenvalue weighted by atomic mass is 10.1. The number of aryl methyl sites for hydroxylation is 1. The molecule has 0 saturated carbocycles. The number of aromatic amines is 1. The standard InChI is InChI=1S/C14H15N3O2/c1-9-4-5-10-12(18)11(8-15-13(10)16-9)14(19)17-6-2-3-7-17/h4-5,8H,2-3,6-7H2,1H3,(H,15,16,18). The number of likely N-dealkylation sites (tertiary alicyclic amines) is 1. The largest absolute Gasteiger partial charge is 0.345 e. The number of aromatic nitrogens is 2. The van der Waals surface area contributed by atoms with Gasteiger partial charge in [0.2, 0.25) is 5.43 Å². The third-order valence-corrected chi connectivity index (χ3v) is 3.50. The van der Waals surface area contributed by atoms with E-state index in [2.05, 4.69) is 9.97 Å². The Morgan fingerprint density at radius 1 is 1.32 bits per heavy atom. The van der Waals surface area contributed by atoms with Crippen LogP contribution in [0.25, 0.3) is 11.0 Å². The topological polar surface area (TPSA) is 66.1 Å². The molecule has 0 radical (unpaired) electrons. The lowest BCUT2D eigenvalue weighted by molar-refractivity contribution is 0.0791. The van der Waals surface area contributed by atoms with E-state index in [9.17, 15) is 9.59 Å². The van der Waals surface area contributed by atoms with Gasteiger partial charge >= 0.3 is 0 Å². The van der Waals surface area contributed by atoms with Gasteiger partial charge < -0.3 is 9.88 Å². The maximum Gasteiger partial charge on any atom is 0.259 e. The van der Waals surface area contributed by atoms with Crippen molar-refractivity contribution >= 4 is 16.9 Å². The number of nitrogens with zero attached hydrogens (tertiary/aromatic N) is 2. The molecule has 1 fully saturated rings. The molecule has 2 aromatic heterocycles. The maximum atomic E-state index is 12.3. The van der Waals surface area contributed by atoms with Crippen LogP contribution in [0.15, 0.2) is 23.1 Å². The molecule has 98 valence electrons. The summed E-state index contributed by atoms with van der Waals surface area (Å²) in [6.45, 7) is 3.34. The van der Waals surface area contributed by atoms with Crippen LogP contribution in [0.4, 0.5) is 0 Å². The van der Waals surface area contributed by atoms with Crippen molar-refractivity contribution in [2.45, 2.75) is 19.8 Å². The van der Waals surface area contributed by atoms with Crippen LogP contribution in [0.2, 0.25) is 0 Å². The number of amides is 1. The summed E-state index contributed by atoms with van der Waals surface area (Å²) in [4.78, 5) is 33.5. The van der Waals surface area contributed by atoms with Gasteiger partial charge in [0.05, 0.1) is 5.39 Å². The summed E-state index contributed by atoms with van der Waals surface area (Å²) in [5.41, 5.74) is 1.34. The Hall–Kier alpha value is -2.17. The van der Waals surface area contributed by atoms with Crippen LogP contribution in [0, 0.1) is 6.92 Å². The van der Waals surface area contributed by atoms with E-state index in [-0.39, 0.29) is 16.9 Å². The Morgan fingerprint density at radius 3 is 2.79 bits per heavy atom. The fourth-order valence-corrected chi connectivity index (χ4v) is 2.45. The zero-order valence-electron chi connectivity index (χ0n) is 10.8. The number of carbonyl (C=O) groups is 1. The minimum Gasteiger partial charge on any atom is -0.345 e. The van der Waals surface area contributed by atoms with Gasteiger partial charge in [0.15, 0.2) is 0 Å². The number of rotatable bonds is 1. The van der Waals surface area contributed by atoms with Crippen molar-refractivity contribution in [3.63, 3.8) is 0 Å². The summed E-state index contributed by atoms with van der Waals surface area (Å²) >= 11 is 0. The highest BCUT2D eigenvalue weighted by molar-refractivity contribution is 5.96. The Morgan fingerprint density at radius 2 is 2.05 bits per heavy atom. The van der Waals surface area contributed by atoms with E-state index in [4.69, 9.17) is 0 Å². The average molecular weight is 257 g/mol. The summed E-state index contributed by atoms with van der Waals surface area (Å²) in [6, 6.07) is 3.50. The van der Waals surface area contributed by atoms with Gasteiger partial charge in [-0.3, -0.25) is 9.59 Å². The molecule has 1 aliphatic heterocycles. The number of pyridine rings is 2. The Balaban J connectivity index is 2.10. The van der Waals surface area contributed by atoms with Gasteiger partial charge in [-0.25, -0.2) is 4.98 Å². The molecule has 1 amide bonds. The summed E-state index contributed by atoms with van der Waals surface area (Å²) < 4.78 is 0. The van der Waals surface area contributed by atoms with Crippen LogP contribution in [-0.4, -0.2) is 33.9 Å². The normalized spacial score (nSPS) is 15.1. The quantitative estimate of drug-likeness (QED) is 0.841. The van der Waals surface area contributed by atoms with Crippen molar-refractivity contribution in [1.29, 1.82) is 0 Å². The molecular weight excluding hydrogens is 242 g/mol. The SMILES string of the molecule is Cc1ccc2c(=O)c(C(=O)N3CCCC3)c[nH]c2n1. The molecule has 19 heavy (non-hydrogen) atoms. The maximum absolute atomic E-state index is 12.3. The molecule has 0 bridgehead atoms. The third-order valence-electron chi connectivity index (χ3n) is 3.50. The van der Waals surface area contributed by atoms with E-state index in [1.807, 2.05) is 6.92 Å². The van der Waals surface area contributed by atoms with E-state index in [1.165, 1.54) is 6.20 Å². The predicted molar refractivity (Wildman–Crippen MR) is 72.2 cm³/mol. The zero-order valence-corrected chi connectivity index (χ0v) is 10.8. The summed E-state index contributed by atoms with van der Waals surface area (Å²) in [5, 5.41) is 0.468. The molecule has 3 rings (SSSR count). The van der Waals surface area contributed by atoms with E-state index < -0.39 is 0 Å². The second kappa shape index (κ2) is 4.50. The molecule has 5 nitrogen and oxygen atoms in total. The van der Waals surface area contributed by atoms with Crippen molar-refractivity contribution in [3.05, 3.63) is 39.8 Å². The number of hydrogen-bond acceptors (Lipinski definition) is 3. The first-order valence-corrected chi connectivity index (χ1v) is 6.45. The molecule has 0 aromatic carbocycles. The van der Waals surface area contributed by atoms with Crippen LogP contribution < -0.4 is 5.43 Å². The highest BCUT2D eigenvalue weighted by atomic mass is 16.2. The Labute approximate surface area is 110 Å². The van der Waals surface area contributed by atoms with Crippen LogP contribution in [-0.2, 0) is 0 Å². The van der Waals surface area contributed by atoms with Gasteiger partial charge in [0.25, 0.3) is 5.91 Å². The molecule has 0 atom stereocenters. The summed E-state index contributed by atoms with van der Waals surface area (Å²) in [6.07, 6.45) is 3.51. The zero-order chi connectivity index (χ0) is 13.4. The molecule has 1 N–H and O–H groups in total. The lowest BCUT2D eigenvalue weighted by Crippen LogP contribution is -2.32. The number of fused-ring (bicyclic) bond motifs is 1. The van der Waals surface area contributed by atoms with Crippen molar-refractivity contribution in [2.24, 2.45) is 0 Å². The van der Waals surface area contributed by atoms with Gasteiger partial charge in [-0.05, 0) is 31.9 Å². The third kappa shape index (κ3) is 2.01. The molecule has 2 aromatic rings. The fraction of sp³-hybridized carbons (Fsp3) is 0.357. The fourth-order valence-electron chi connectivity index (χ4n) is 2.45. The first kappa shape index (κ1) is 11.9. The van der Waals surface area contributed by atoms with Gasteiger partial charge in [-0.1, -0.05) is 0 Å². The molecule has 1 saturated heterocycles. The second-order valence-corrected chi connectivity index (χ2v) is 4.88. The molecule has 0 spiro atoms. The lowest BCUT2D eigenvalue weighted by Gasteiger charge is -2.14. The van der Waals surface area contributed by atoms with Gasteiger partial charge in [-0.2, -0.15) is 0 Å². The Kier molecular flexibility index (Phi) is 2.81. The van der Waals surface area contributed by atoms with Gasteiger partial charge in [0, 0.05) is 25.0 Å². The summed E-state index contributed by atoms with van der Waals surface area (Å²) in [7, 11) is 0. The van der Waals surface area contributed by atoms with E-state index in [0.717, 1.165) is 31.6 Å². The van der Waals surface area contributed by atoms with Crippen molar-refractivity contribution in [1.82, 2.24) is 14.9 Å². The van der Waals surface area contributed by atoms with Crippen molar-refractivity contribution < 1.29 is 4.79 Å². The first-order chi connectivity index (χ1) is 9.16. The van der Waals surface area contributed by atoms with Gasteiger partial charge in [-0.15, -0.1) is 0 Å². The number of H-pyrrole nitrogens is 1.